The molecular formula is C6H6O5. The molecule has 0 aliphatic heterocycles. The normalized spacial score (nSPS) is 11.8. The maximum Gasteiger partial charge on any atom is 0.267 e. The second kappa shape index (κ2) is 3.72. The minimum Gasteiger partial charge on any atom is -0.377 e. The molecular weight excluding hydrogens is 152 g/mol. The van der Waals surface area contributed by atoms with Gasteiger partial charge in [0.05, 0.1) is 0 Å². The molecule has 11 heavy (non-hydrogen) atoms. The summed E-state index contributed by atoms with van der Waals surface area (Å²) in [5, 5.41) is 8.46. The number of aliphatic hydroxyl groups is 1. The molecule has 0 bridgehead atoms. The van der Waals surface area contributed by atoms with Crippen LogP contribution < -0.4 is 0 Å². The first-order valence-corrected chi connectivity index (χ1v) is 2.73. The monoisotopic (exact) mass is 158 g/mol. The molecule has 0 heterocycles. The lowest BCUT2D eigenvalue weighted by atomic mass is 10.1. The Morgan fingerprint density at radius 2 is 1.82 bits per heavy atom. The van der Waals surface area contributed by atoms with Gasteiger partial charge in [-0.05, 0) is 0 Å². The number of aliphatic hydroxyl groups excluding tert-OH is 1. The molecule has 0 aliphatic carbocycles. The summed E-state index contributed by atoms with van der Waals surface area (Å²) in [6.07, 6.45) is -2.12. The van der Waals surface area contributed by atoms with Crippen LogP contribution in [0.15, 0.2) is 0 Å². The third-order valence-corrected chi connectivity index (χ3v) is 0.941. The lowest BCUT2D eigenvalue weighted by Crippen LogP contribution is -2.33. The van der Waals surface area contributed by atoms with Crippen molar-refractivity contribution >= 4 is 23.6 Å². The van der Waals surface area contributed by atoms with Crippen molar-refractivity contribution in [1.82, 2.24) is 0 Å². The lowest BCUT2D eigenvalue weighted by molar-refractivity contribution is -0.147. The van der Waals surface area contributed by atoms with Gasteiger partial charge in [-0.3, -0.25) is 19.2 Å². The quantitative estimate of drug-likeness (QED) is 0.298. The zero-order chi connectivity index (χ0) is 9.02. The summed E-state index contributed by atoms with van der Waals surface area (Å²) in [5.41, 5.74) is 0. The zero-order valence-electron chi connectivity index (χ0n) is 5.73. The van der Waals surface area contributed by atoms with Gasteiger partial charge < -0.3 is 5.11 Å². The topological polar surface area (TPSA) is 88.5 Å². The van der Waals surface area contributed by atoms with E-state index in [0.29, 0.717) is 0 Å². The molecule has 0 aliphatic rings. The fraction of sp³-hybridized carbons (Fsp3) is 0.333. The van der Waals surface area contributed by atoms with Crippen LogP contribution in [0.5, 0.6) is 0 Å². The molecule has 0 aromatic heterocycles. The van der Waals surface area contributed by atoms with Crippen molar-refractivity contribution in [2.75, 3.05) is 0 Å². The summed E-state index contributed by atoms with van der Waals surface area (Å²) in [4.78, 5) is 40.8. The van der Waals surface area contributed by atoms with Gasteiger partial charge in [0.25, 0.3) is 5.78 Å². The predicted octanol–water partition coefficient (Wildman–Crippen LogP) is -1.73. The fourth-order valence-electron chi connectivity index (χ4n) is 0.370. The molecule has 0 spiro atoms. The number of rotatable bonds is 4. The van der Waals surface area contributed by atoms with Crippen LogP contribution in [-0.2, 0) is 19.2 Å². The van der Waals surface area contributed by atoms with Crippen molar-refractivity contribution in [2.24, 2.45) is 0 Å². The smallest absolute Gasteiger partial charge is 0.267 e. The molecule has 1 N–H and O–H groups in total. The Labute approximate surface area is 62.0 Å². The Morgan fingerprint density at radius 3 is 2.09 bits per heavy atom. The van der Waals surface area contributed by atoms with Gasteiger partial charge >= 0.3 is 0 Å². The molecule has 1 atom stereocenters. The van der Waals surface area contributed by atoms with Crippen molar-refractivity contribution in [1.29, 1.82) is 0 Å². The van der Waals surface area contributed by atoms with Crippen LogP contribution >= 0.6 is 0 Å². The number of ketones is 3. The number of Topliss-reactive ketones (excluding diaryl/α,β-unsaturated/α-hetero) is 3. The van der Waals surface area contributed by atoms with Crippen LogP contribution in [0, 0.1) is 0 Å². The molecule has 5 heteroatoms. The minimum absolute atomic E-state index is 0.108. The van der Waals surface area contributed by atoms with Crippen molar-refractivity contribution in [2.45, 2.75) is 13.0 Å². The molecule has 0 saturated heterocycles. The van der Waals surface area contributed by atoms with Crippen LogP contribution in [-0.4, -0.2) is 34.8 Å². The predicted molar refractivity (Wildman–Crippen MR) is 32.8 cm³/mol. The van der Waals surface area contributed by atoms with Gasteiger partial charge in [-0.25, -0.2) is 0 Å². The van der Waals surface area contributed by atoms with Crippen LogP contribution in [0.4, 0.5) is 0 Å². The van der Waals surface area contributed by atoms with E-state index in [9.17, 15) is 19.2 Å². The van der Waals surface area contributed by atoms with E-state index in [4.69, 9.17) is 5.11 Å². The van der Waals surface area contributed by atoms with Crippen LogP contribution in [0.2, 0.25) is 0 Å². The number of hydrogen-bond donors (Lipinski definition) is 1. The maximum absolute atomic E-state index is 10.5. The van der Waals surface area contributed by atoms with Crippen LogP contribution in [0.3, 0.4) is 0 Å². The first kappa shape index (κ1) is 9.64. The largest absolute Gasteiger partial charge is 0.377 e. The van der Waals surface area contributed by atoms with Crippen molar-refractivity contribution in [3.63, 3.8) is 0 Å². The Hall–Kier alpha value is -1.36. The molecule has 0 aromatic carbocycles. The Kier molecular flexibility index (Phi) is 3.26. The van der Waals surface area contributed by atoms with Crippen molar-refractivity contribution in [3.05, 3.63) is 0 Å². The first-order valence-electron chi connectivity index (χ1n) is 2.73. The zero-order valence-corrected chi connectivity index (χ0v) is 5.73. The van der Waals surface area contributed by atoms with E-state index in [-0.39, 0.29) is 6.29 Å². The summed E-state index contributed by atoms with van der Waals surface area (Å²) in [6.45, 7) is 0.887. The number of aldehydes is 1. The Morgan fingerprint density at radius 1 is 1.36 bits per heavy atom. The summed E-state index contributed by atoms with van der Waals surface area (Å²) in [5.74, 6) is -3.73. The highest BCUT2D eigenvalue weighted by atomic mass is 16.3. The van der Waals surface area contributed by atoms with E-state index >= 15 is 0 Å². The van der Waals surface area contributed by atoms with E-state index in [1.165, 1.54) is 0 Å². The number of carbonyl (C=O) groups is 4. The number of hydrogen-bond acceptors (Lipinski definition) is 5. The Balaban J connectivity index is 4.37. The molecule has 0 rings (SSSR count). The minimum atomic E-state index is -2.01. The van der Waals surface area contributed by atoms with Gasteiger partial charge in [-0.2, -0.15) is 0 Å². The van der Waals surface area contributed by atoms with Gasteiger partial charge in [-0.1, -0.05) is 0 Å². The van der Waals surface area contributed by atoms with Gasteiger partial charge in [0.2, 0.25) is 11.6 Å². The van der Waals surface area contributed by atoms with Gasteiger partial charge in [0.1, 0.15) is 0 Å². The second-order valence-electron chi connectivity index (χ2n) is 1.83. The molecule has 0 saturated carbocycles. The highest BCUT2D eigenvalue weighted by molar-refractivity contribution is 6.65. The average Bonchev–Trinajstić information content (AvgIpc) is 2.00. The molecule has 0 radical (unpaired) electrons. The van der Waals surface area contributed by atoms with E-state index in [1.807, 2.05) is 0 Å². The van der Waals surface area contributed by atoms with Gasteiger partial charge in [0.15, 0.2) is 12.4 Å². The third-order valence-electron chi connectivity index (χ3n) is 0.941. The molecule has 0 amide bonds. The summed E-state index contributed by atoms with van der Waals surface area (Å²) >= 11 is 0. The van der Waals surface area contributed by atoms with Gasteiger partial charge in [-0.15, -0.1) is 0 Å². The molecule has 1 unspecified atom stereocenters. The standard InChI is InChI=1S/C6H6O5/c1-3(8)5(10)6(11)4(9)2-7/h2,4,9H,1H3. The molecule has 0 fully saturated rings. The fourth-order valence-corrected chi connectivity index (χ4v) is 0.370. The van der Waals surface area contributed by atoms with Crippen molar-refractivity contribution in [3.8, 4) is 0 Å². The van der Waals surface area contributed by atoms with Crippen LogP contribution in [0.25, 0.3) is 0 Å². The highest BCUT2D eigenvalue weighted by Crippen LogP contribution is 1.85. The molecule has 5 nitrogen and oxygen atoms in total. The maximum atomic E-state index is 10.5. The van der Waals surface area contributed by atoms with Crippen molar-refractivity contribution < 1.29 is 24.3 Å². The Bertz CT molecular complexity index is 217. The third kappa shape index (κ3) is 2.38. The van der Waals surface area contributed by atoms with Crippen LogP contribution in [0.1, 0.15) is 6.92 Å². The highest BCUT2D eigenvalue weighted by Gasteiger charge is 2.25. The second-order valence-corrected chi connectivity index (χ2v) is 1.83. The summed E-state index contributed by atoms with van der Waals surface area (Å²) in [7, 11) is 0. The van der Waals surface area contributed by atoms with E-state index < -0.39 is 23.5 Å². The number of carbonyl (C=O) groups excluding carboxylic acids is 4. The SMILES string of the molecule is CC(=O)C(=O)C(=O)C(O)C=O. The lowest BCUT2D eigenvalue weighted by Gasteiger charge is -1.96. The van der Waals surface area contributed by atoms with E-state index in [0.717, 1.165) is 6.92 Å². The average molecular weight is 158 g/mol. The van der Waals surface area contributed by atoms with E-state index in [1.54, 1.807) is 0 Å². The first-order chi connectivity index (χ1) is 5.00. The molecule has 0 aromatic rings. The molecule has 60 valence electrons. The van der Waals surface area contributed by atoms with Gasteiger partial charge in [0, 0.05) is 6.92 Å². The van der Waals surface area contributed by atoms with E-state index in [2.05, 4.69) is 0 Å². The summed E-state index contributed by atoms with van der Waals surface area (Å²) in [6, 6.07) is 0. The summed E-state index contributed by atoms with van der Waals surface area (Å²) < 4.78 is 0.